The van der Waals surface area contributed by atoms with Crippen molar-refractivity contribution in [2.24, 2.45) is 0 Å². The van der Waals surface area contributed by atoms with Crippen molar-refractivity contribution in [1.29, 1.82) is 5.26 Å². The Labute approximate surface area is 150 Å². The molecule has 25 heavy (non-hydrogen) atoms. The zero-order chi connectivity index (χ0) is 17.8. The molecule has 1 aromatic carbocycles. The number of aryl methyl sites for hydroxylation is 3. The van der Waals surface area contributed by atoms with Crippen molar-refractivity contribution in [3.8, 4) is 17.5 Å². The first-order chi connectivity index (χ1) is 12.1. The zero-order valence-corrected chi connectivity index (χ0v) is 15.1. The third kappa shape index (κ3) is 3.86. The third-order valence-corrected chi connectivity index (χ3v) is 4.66. The first-order valence-corrected chi connectivity index (χ1v) is 8.89. The summed E-state index contributed by atoms with van der Waals surface area (Å²) in [5.74, 6) is 2.15. The van der Waals surface area contributed by atoms with Gasteiger partial charge in [-0.2, -0.15) is 10.2 Å². The summed E-state index contributed by atoms with van der Waals surface area (Å²) in [7, 11) is 0. The predicted molar refractivity (Wildman–Crippen MR) is 94.9 cm³/mol. The molecule has 2 heterocycles. The third-order valence-electron chi connectivity index (χ3n) is 3.70. The molecule has 126 valence electrons. The molecule has 0 radical (unpaired) electrons. The minimum absolute atomic E-state index is 0.449. The average Bonchev–Trinajstić information content (AvgIpc) is 3.08. The Bertz CT molecular complexity index is 928. The van der Waals surface area contributed by atoms with Crippen molar-refractivity contribution in [2.45, 2.75) is 38.0 Å². The van der Waals surface area contributed by atoms with Crippen LogP contribution in [0.25, 0.3) is 11.4 Å². The highest BCUT2D eigenvalue weighted by Gasteiger charge is 2.14. The highest BCUT2D eigenvalue weighted by atomic mass is 32.2. The molecular weight excluding hydrogens is 334 g/mol. The maximum absolute atomic E-state index is 9.29. The van der Waals surface area contributed by atoms with Gasteiger partial charge in [0.2, 0.25) is 11.7 Å². The van der Waals surface area contributed by atoms with E-state index in [-0.39, 0.29) is 0 Å². The summed E-state index contributed by atoms with van der Waals surface area (Å²) in [5, 5.41) is 14.0. The number of nitrogens with zero attached hydrogens (tertiary/aromatic N) is 5. The van der Waals surface area contributed by atoms with Crippen LogP contribution in [0.1, 0.15) is 35.5 Å². The molecular formula is C18H17N5OS. The fourth-order valence-electron chi connectivity index (χ4n) is 2.36. The van der Waals surface area contributed by atoms with Crippen molar-refractivity contribution in [3.05, 3.63) is 52.8 Å². The molecule has 0 atom stereocenters. The number of benzene rings is 1. The largest absolute Gasteiger partial charge is 0.338 e. The Hall–Kier alpha value is -2.72. The fourth-order valence-corrected chi connectivity index (χ4v) is 3.28. The SMILES string of the molecule is CCc1ccc(-c2noc(CSc3nc(C)nc(C)c3C#N)n2)cc1. The van der Waals surface area contributed by atoms with Gasteiger partial charge >= 0.3 is 0 Å². The predicted octanol–water partition coefficient (Wildman–Crippen LogP) is 3.87. The standard InChI is InChI=1S/C18H17N5OS/c1-4-13-5-7-14(8-6-13)17-22-16(24-23-17)10-25-18-15(9-19)11(2)20-12(3)21-18/h5-8H,4,10H2,1-3H3. The van der Waals surface area contributed by atoms with E-state index in [1.54, 1.807) is 0 Å². The van der Waals surface area contributed by atoms with Crippen LogP contribution >= 0.6 is 11.8 Å². The maximum Gasteiger partial charge on any atom is 0.237 e. The van der Waals surface area contributed by atoms with Crippen LogP contribution in [0.4, 0.5) is 0 Å². The summed E-state index contributed by atoms with van der Waals surface area (Å²) in [6.45, 7) is 5.73. The lowest BCUT2D eigenvalue weighted by molar-refractivity contribution is 0.391. The molecule has 0 aliphatic rings. The summed E-state index contributed by atoms with van der Waals surface area (Å²) in [5.41, 5.74) is 3.36. The molecule has 0 unspecified atom stereocenters. The number of nitriles is 1. The lowest BCUT2D eigenvalue weighted by Gasteiger charge is -2.04. The van der Waals surface area contributed by atoms with Crippen molar-refractivity contribution in [1.82, 2.24) is 20.1 Å². The van der Waals surface area contributed by atoms with Gasteiger partial charge in [0, 0.05) is 5.56 Å². The van der Waals surface area contributed by atoms with Crippen LogP contribution in [0.3, 0.4) is 0 Å². The molecule has 0 aliphatic heterocycles. The smallest absolute Gasteiger partial charge is 0.237 e. The van der Waals surface area contributed by atoms with Crippen LogP contribution in [0, 0.1) is 25.2 Å². The lowest BCUT2D eigenvalue weighted by atomic mass is 10.1. The van der Waals surface area contributed by atoms with E-state index in [4.69, 9.17) is 4.52 Å². The second-order valence-electron chi connectivity index (χ2n) is 5.50. The van der Waals surface area contributed by atoms with Gasteiger partial charge in [0.25, 0.3) is 0 Å². The Balaban J connectivity index is 1.75. The van der Waals surface area contributed by atoms with Gasteiger partial charge in [-0.3, -0.25) is 0 Å². The zero-order valence-electron chi connectivity index (χ0n) is 14.3. The Morgan fingerprint density at radius 2 is 1.88 bits per heavy atom. The molecule has 2 aromatic heterocycles. The van der Waals surface area contributed by atoms with Crippen molar-refractivity contribution in [2.75, 3.05) is 0 Å². The highest BCUT2D eigenvalue weighted by Crippen LogP contribution is 2.26. The Morgan fingerprint density at radius 3 is 2.56 bits per heavy atom. The molecule has 0 spiro atoms. The van der Waals surface area contributed by atoms with Gasteiger partial charge in [0.1, 0.15) is 22.5 Å². The molecule has 0 saturated carbocycles. The number of aromatic nitrogens is 4. The molecule has 6 nitrogen and oxygen atoms in total. The monoisotopic (exact) mass is 351 g/mol. The summed E-state index contributed by atoms with van der Waals surface area (Å²) < 4.78 is 5.32. The van der Waals surface area contributed by atoms with Gasteiger partial charge in [-0.25, -0.2) is 9.97 Å². The summed E-state index contributed by atoms with van der Waals surface area (Å²) in [6, 6.07) is 10.3. The van der Waals surface area contributed by atoms with Crippen LogP contribution < -0.4 is 0 Å². The lowest BCUT2D eigenvalue weighted by Crippen LogP contribution is -1.99. The number of hydrogen-bond donors (Lipinski definition) is 0. The van der Waals surface area contributed by atoms with Gasteiger partial charge in [0.15, 0.2) is 0 Å². The molecule has 0 aliphatic carbocycles. The van der Waals surface area contributed by atoms with Crippen LogP contribution in [0.2, 0.25) is 0 Å². The van der Waals surface area contributed by atoms with E-state index in [0.717, 1.165) is 12.0 Å². The summed E-state index contributed by atoms with van der Waals surface area (Å²) in [4.78, 5) is 13.0. The van der Waals surface area contributed by atoms with E-state index in [1.165, 1.54) is 17.3 Å². The summed E-state index contributed by atoms with van der Waals surface area (Å²) in [6.07, 6.45) is 0.993. The fraction of sp³-hybridized carbons (Fsp3) is 0.278. The van der Waals surface area contributed by atoms with Crippen molar-refractivity contribution >= 4 is 11.8 Å². The minimum Gasteiger partial charge on any atom is -0.338 e. The van der Waals surface area contributed by atoms with Crippen LogP contribution in [-0.4, -0.2) is 20.1 Å². The number of rotatable bonds is 5. The molecule has 0 amide bonds. The van der Waals surface area contributed by atoms with E-state index in [2.05, 4.69) is 45.2 Å². The van der Waals surface area contributed by atoms with Crippen LogP contribution in [0.15, 0.2) is 33.8 Å². The van der Waals surface area contributed by atoms with Gasteiger partial charge < -0.3 is 4.52 Å². The van der Waals surface area contributed by atoms with Crippen LogP contribution in [0.5, 0.6) is 0 Å². The van der Waals surface area contributed by atoms with E-state index >= 15 is 0 Å². The van der Waals surface area contributed by atoms with E-state index in [9.17, 15) is 5.26 Å². The maximum atomic E-state index is 9.29. The van der Waals surface area contributed by atoms with E-state index in [0.29, 0.717) is 39.6 Å². The molecule has 0 bridgehead atoms. The molecule has 0 N–H and O–H groups in total. The molecule has 3 aromatic rings. The quantitative estimate of drug-likeness (QED) is 0.509. The molecule has 0 fully saturated rings. The highest BCUT2D eigenvalue weighted by molar-refractivity contribution is 7.98. The second kappa shape index (κ2) is 7.45. The summed E-state index contributed by atoms with van der Waals surface area (Å²) >= 11 is 1.40. The second-order valence-corrected chi connectivity index (χ2v) is 6.46. The normalized spacial score (nSPS) is 10.6. The minimum atomic E-state index is 0.449. The van der Waals surface area contributed by atoms with Crippen molar-refractivity contribution < 1.29 is 4.52 Å². The number of thioether (sulfide) groups is 1. The van der Waals surface area contributed by atoms with Gasteiger partial charge in [-0.1, -0.05) is 48.1 Å². The van der Waals surface area contributed by atoms with Crippen molar-refractivity contribution in [3.63, 3.8) is 0 Å². The van der Waals surface area contributed by atoms with E-state index in [1.807, 2.05) is 26.0 Å². The van der Waals surface area contributed by atoms with Gasteiger partial charge in [-0.05, 0) is 25.8 Å². The van der Waals surface area contributed by atoms with Crippen LogP contribution in [-0.2, 0) is 12.2 Å². The van der Waals surface area contributed by atoms with E-state index < -0.39 is 0 Å². The number of hydrogen-bond acceptors (Lipinski definition) is 7. The molecule has 0 saturated heterocycles. The van der Waals surface area contributed by atoms with Gasteiger partial charge in [-0.15, -0.1) is 0 Å². The average molecular weight is 351 g/mol. The topological polar surface area (TPSA) is 88.5 Å². The Kier molecular flexibility index (Phi) is 5.10. The Morgan fingerprint density at radius 1 is 1.12 bits per heavy atom. The first-order valence-electron chi connectivity index (χ1n) is 7.90. The molecule has 7 heteroatoms. The molecule has 3 rings (SSSR count). The van der Waals surface area contributed by atoms with Gasteiger partial charge in [0.05, 0.1) is 11.4 Å². The first kappa shape index (κ1) is 17.1.